The highest BCUT2D eigenvalue weighted by molar-refractivity contribution is 7.89. The van der Waals surface area contributed by atoms with Crippen LogP contribution < -0.4 is 5.32 Å². The van der Waals surface area contributed by atoms with Crippen molar-refractivity contribution in [3.05, 3.63) is 58.9 Å². The lowest BCUT2D eigenvalue weighted by molar-refractivity contribution is -0.121. The maximum atomic E-state index is 13.0. The van der Waals surface area contributed by atoms with E-state index < -0.39 is 10.0 Å². The Labute approximate surface area is 207 Å². The number of aromatic nitrogens is 2. The van der Waals surface area contributed by atoms with Crippen LogP contribution in [0.3, 0.4) is 0 Å². The van der Waals surface area contributed by atoms with Crippen LogP contribution in [0, 0.1) is 13.8 Å². The van der Waals surface area contributed by atoms with Crippen molar-refractivity contribution in [3.8, 4) is 0 Å². The Morgan fingerprint density at radius 2 is 1.86 bits per heavy atom. The van der Waals surface area contributed by atoms with Crippen molar-refractivity contribution < 1.29 is 17.9 Å². The van der Waals surface area contributed by atoms with Gasteiger partial charge in [-0.3, -0.25) is 4.79 Å². The summed E-state index contributed by atoms with van der Waals surface area (Å²) in [7, 11) is -1.69. The number of nitrogens with zero attached hydrogens (tertiary/aromatic N) is 3. The van der Waals surface area contributed by atoms with Gasteiger partial charge in [-0.05, 0) is 56.0 Å². The minimum Gasteiger partial charge on any atom is -0.379 e. The normalized spacial score (nSPS) is 14.9. The van der Waals surface area contributed by atoms with Crippen LogP contribution in [0.25, 0.3) is 11.0 Å². The van der Waals surface area contributed by atoms with Crippen LogP contribution >= 0.6 is 0 Å². The third-order valence-electron chi connectivity index (χ3n) is 6.57. The molecule has 0 atom stereocenters. The van der Waals surface area contributed by atoms with Gasteiger partial charge in [0.2, 0.25) is 15.9 Å². The zero-order chi connectivity index (χ0) is 25.0. The summed E-state index contributed by atoms with van der Waals surface area (Å²) < 4.78 is 34.6. The molecule has 0 saturated carbocycles. The van der Waals surface area contributed by atoms with Crippen LogP contribution in [-0.4, -0.2) is 61.0 Å². The third-order valence-corrected chi connectivity index (χ3v) is 8.47. The number of sulfonamides is 1. The summed E-state index contributed by atoms with van der Waals surface area (Å²) in [5, 5.41) is 3.00. The van der Waals surface area contributed by atoms with E-state index in [0.29, 0.717) is 51.2 Å². The topological polar surface area (TPSA) is 93.5 Å². The van der Waals surface area contributed by atoms with Crippen molar-refractivity contribution in [1.82, 2.24) is 19.2 Å². The molecule has 2 heterocycles. The molecule has 1 amide bonds. The summed E-state index contributed by atoms with van der Waals surface area (Å²) in [6.45, 7) is 6.37. The first-order valence-electron chi connectivity index (χ1n) is 12.1. The highest BCUT2D eigenvalue weighted by Gasteiger charge is 2.27. The van der Waals surface area contributed by atoms with Crippen LogP contribution in [0.2, 0.25) is 0 Å². The average Bonchev–Trinajstić information content (AvgIpc) is 3.17. The van der Waals surface area contributed by atoms with Crippen molar-refractivity contribution in [2.24, 2.45) is 7.05 Å². The fraction of sp³-hybridized carbons (Fsp3) is 0.462. The number of nitrogens with one attached hydrogen (secondary N) is 1. The molecule has 1 N–H and O–H groups in total. The summed E-state index contributed by atoms with van der Waals surface area (Å²) in [4.78, 5) is 17.2. The molecule has 4 rings (SSSR count). The van der Waals surface area contributed by atoms with Gasteiger partial charge in [-0.1, -0.05) is 23.8 Å². The lowest BCUT2D eigenvalue weighted by Crippen LogP contribution is -2.40. The number of ether oxygens (including phenoxy) is 1. The summed E-state index contributed by atoms with van der Waals surface area (Å²) in [5.74, 6) is 0.750. The van der Waals surface area contributed by atoms with Crippen molar-refractivity contribution in [2.75, 3.05) is 32.8 Å². The summed E-state index contributed by atoms with van der Waals surface area (Å²) >= 11 is 0. The van der Waals surface area contributed by atoms with E-state index in [1.165, 1.54) is 21.0 Å². The van der Waals surface area contributed by atoms with E-state index in [4.69, 9.17) is 4.74 Å². The van der Waals surface area contributed by atoms with E-state index in [1.807, 2.05) is 11.6 Å². The Hall–Kier alpha value is -2.75. The molecule has 35 heavy (non-hydrogen) atoms. The maximum Gasteiger partial charge on any atom is 0.243 e. The van der Waals surface area contributed by atoms with Crippen LogP contribution in [-0.2, 0) is 39.4 Å². The smallest absolute Gasteiger partial charge is 0.243 e. The number of benzene rings is 2. The minimum atomic E-state index is -3.58. The number of rotatable bonds is 9. The number of imidazole rings is 1. The predicted molar refractivity (Wildman–Crippen MR) is 136 cm³/mol. The zero-order valence-electron chi connectivity index (χ0n) is 20.7. The van der Waals surface area contributed by atoms with Gasteiger partial charge >= 0.3 is 0 Å². The third kappa shape index (κ3) is 5.91. The first kappa shape index (κ1) is 25.3. The lowest BCUT2D eigenvalue weighted by atomic mass is 10.0. The summed E-state index contributed by atoms with van der Waals surface area (Å²) in [6, 6.07) is 11.5. The summed E-state index contributed by atoms with van der Waals surface area (Å²) in [6.07, 6.45) is 2.65. The van der Waals surface area contributed by atoms with Gasteiger partial charge < -0.3 is 14.6 Å². The Morgan fingerprint density at radius 3 is 2.60 bits per heavy atom. The molecule has 188 valence electrons. The van der Waals surface area contributed by atoms with E-state index in [2.05, 4.69) is 42.3 Å². The molecule has 0 bridgehead atoms. The average molecular weight is 499 g/mol. The molecule has 2 aromatic carbocycles. The number of aryl methyl sites for hydroxylation is 5. The number of hydrogen-bond acceptors (Lipinski definition) is 5. The molecule has 1 aromatic heterocycles. The number of fused-ring (bicyclic) bond motifs is 1. The molecule has 8 nitrogen and oxygen atoms in total. The molecular weight excluding hydrogens is 464 g/mol. The van der Waals surface area contributed by atoms with Gasteiger partial charge in [0.15, 0.2) is 0 Å². The Morgan fingerprint density at radius 1 is 1.09 bits per heavy atom. The van der Waals surface area contributed by atoms with Gasteiger partial charge in [0.25, 0.3) is 0 Å². The van der Waals surface area contributed by atoms with Crippen molar-refractivity contribution >= 4 is 27.0 Å². The van der Waals surface area contributed by atoms with Gasteiger partial charge in [-0.2, -0.15) is 4.31 Å². The first-order chi connectivity index (χ1) is 16.8. The standard InChI is InChI=1S/C26H34N4O4S/c1-19-6-7-21(20(2)17-19)5-4-12-27-26(31)11-10-25-28-23-18-22(8-9-24(23)29(25)3)35(32,33)30-13-15-34-16-14-30/h6-9,17-18H,4-5,10-16H2,1-3H3,(H,27,31). The van der Waals surface area contributed by atoms with Gasteiger partial charge in [0, 0.05) is 39.5 Å². The molecule has 1 fully saturated rings. The molecule has 3 aromatic rings. The maximum absolute atomic E-state index is 13.0. The fourth-order valence-electron chi connectivity index (χ4n) is 4.50. The highest BCUT2D eigenvalue weighted by Crippen LogP contribution is 2.23. The fourth-order valence-corrected chi connectivity index (χ4v) is 5.92. The molecule has 1 saturated heterocycles. The molecule has 1 aliphatic rings. The quantitative estimate of drug-likeness (QED) is 0.458. The van der Waals surface area contributed by atoms with Crippen molar-refractivity contribution in [1.29, 1.82) is 0 Å². The molecular formula is C26H34N4O4S. The lowest BCUT2D eigenvalue weighted by Gasteiger charge is -2.26. The molecule has 0 unspecified atom stereocenters. The second-order valence-corrected chi connectivity index (χ2v) is 11.1. The van der Waals surface area contributed by atoms with Gasteiger partial charge in [0.1, 0.15) is 5.82 Å². The Kier molecular flexibility index (Phi) is 7.88. The van der Waals surface area contributed by atoms with Crippen LogP contribution in [0.5, 0.6) is 0 Å². The van der Waals surface area contributed by atoms with Crippen molar-refractivity contribution in [3.63, 3.8) is 0 Å². The monoisotopic (exact) mass is 498 g/mol. The van der Waals surface area contributed by atoms with Gasteiger partial charge in [-0.25, -0.2) is 13.4 Å². The van der Waals surface area contributed by atoms with Crippen LogP contribution in [0.15, 0.2) is 41.3 Å². The van der Waals surface area contributed by atoms with E-state index in [9.17, 15) is 13.2 Å². The first-order valence-corrected chi connectivity index (χ1v) is 13.6. The zero-order valence-corrected chi connectivity index (χ0v) is 21.5. The second-order valence-electron chi connectivity index (χ2n) is 9.14. The second kappa shape index (κ2) is 10.9. The number of carbonyl (C=O) groups is 1. The number of morpholine rings is 1. The SMILES string of the molecule is Cc1ccc(CCCNC(=O)CCc2nc3cc(S(=O)(=O)N4CCOCC4)ccc3n2C)c(C)c1. The molecule has 0 spiro atoms. The largest absolute Gasteiger partial charge is 0.379 e. The van der Waals surface area contributed by atoms with Gasteiger partial charge in [-0.15, -0.1) is 0 Å². The molecule has 9 heteroatoms. The van der Waals surface area contributed by atoms with E-state index >= 15 is 0 Å². The predicted octanol–water partition coefficient (Wildman–Crippen LogP) is 2.89. The Balaban J connectivity index is 1.32. The van der Waals surface area contributed by atoms with E-state index in [-0.39, 0.29) is 10.8 Å². The molecule has 0 radical (unpaired) electrons. The number of hydrogen-bond donors (Lipinski definition) is 1. The van der Waals surface area contributed by atoms with E-state index in [0.717, 1.165) is 24.2 Å². The van der Waals surface area contributed by atoms with Crippen molar-refractivity contribution in [2.45, 2.75) is 44.4 Å². The van der Waals surface area contributed by atoms with E-state index in [1.54, 1.807) is 18.2 Å². The minimum absolute atomic E-state index is 0.00623. The van der Waals surface area contributed by atoms with Crippen LogP contribution in [0.1, 0.15) is 35.4 Å². The van der Waals surface area contributed by atoms with Gasteiger partial charge in [0.05, 0.1) is 29.1 Å². The van der Waals surface area contributed by atoms with Crippen LogP contribution in [0.4, 0.5) is 0 Å². The number of carbonyl (C=O) groups excluding carboxylic acids is 1. The molecule has 0 aliphatic carbocycles. The highest BCUT2D eigenvalue weighted by atomic mass is 32.2. The summed E-state index contributed by atoms with van der Waals surface area (Å²) in [5.41, 5.74) is 5.33. The Bertz CT molecular complexity index is 1310. The number of amides is 1. The molecule has 1 aliphatic heterocycles.